The van der Waals surface area contributed by atoms with Crippen molar-refractivity contribution in [2.24, 2.45) is 5.92 Å². The maximum Gasteiger partial charge on any atom is 0.0468 e. The first-order valence-electron chi connectivity index (χ1n) is 5.94. The minimum Gasteiger partial charge on any atom is -0.396 e. The molecular weight excluding hydrogens is 212 g/mol. The minimum atomic E-state index is 0.229. The molecule has 1 aromatic heterocycles. The molecule has 0 radical (unpaired) electrons. The Kier molecular flexibility index (Phi) is 4.07. The van der Waals surface area contributed by atoms with Gasteiger partial charge in [-0.3, -0.25) is 4.98 Å². The third-order valence-electron chi connectivity index (χ3n) is 2.89. The second-order valence-corrected chi connectivity index (χ2v) is 4.43. The van der Waals surface area contributed by atoms with Crippen molar-refractivity contribution < 1.29 is 5.11 Å². The largest absolute Gasteiger partial charge is 0.396 e. The van der Waals surface area contributed by atoms with E-state index in [9.17, 15) is 0 Å². The van der Waals surface area contributed by atoms with Gasteiger partial charge in [-0.05, 0) is 22.9 Å². The number of benzene rings is 1. The first kappa shape index (κ1) is 12.0. The zero-order chi connectivity index (χ0) is 12.1. The summed E-state index contributed by atoms with van der Waals surface area (Å²) in [7, 11) is 0. The highest BCUT2D eigenvalue weighted by Gasteiger charge is 2.02. The van der Waals surface area contributed by atoms with Crippen molar-refractivity contribution >= 4 is 10.8 Å². The normalized spacial score (nSPS) is 12.8. The van der Waals surface area contributed by atoms with Gasteiger partial charge in [0.15, 0.2) is 0 Å². The lowest BCUT2D eigenvalue weighted by Crippen LogP contribution is -2.22. The fourth-order valence-corrected chi connectivity index (χ4v) is 1.86. The molecule has 0 spiro atoms. The quantitative estimate of drug-likeness (QED) is 0.825. The molecule has 0 aliphatic carbocycles. The van der Waals surface area contributed by atoms with Crippen LogP contribution in [-0.4, -0.2) is 23.2 Å². The predicted molar refractivity (Wildman–Crippen MR) is 69.7 cm³/mol. The van der Waals surface area contributed by atoms with E-state index in [4.69, 9.17) is 5.11 Å². The highest BCUT2D eigenvalue weighted by Crippen LogP contribution is 2.17. The number of aromatic nitrogens is 1. The molecule has 0 fully saturated rings. The third kappa shape index (κ3) is 3.02. The van der Waals surface area contributed by atoms with Gasteiger partial charge in [0, 0.05) is 37.5 Å². The molecule has 0 aliphatic rings. The van der Waals surface area contributed by atoms with Crippen molar-refractivity contribution in [3.63, 3.8) is 0 Å². The molecule has 0 bridgehead atoms. The van der Waals surface area contributed by atoms with Crippen LogP contribution in [-0.2, 0) is 6.54 Å². The number of pyridine rings is 1. The van der Waals surface area contributed by atoms with Gasteiger partial charge in [0.1, 0.15) is 0 Å². The van der Waals surface area contributed by atoms with Crippen LogP contribution in [0.15, 0.2) is 36.7 Å². The Hall–Kier alpha value is -1.45. The van der Waals surface area contributed by atoms with Crippen molar-refractivity contribution in [3.8, 4) is 0 Å². The van der Waals surface area contributed by atoms with Gasteiger partial charge in [0.05, 0.1) is 0 Å². The summed E-state index contributed by atoms with van der Waals surface area (Å²) in [5.41, 5.74) is 1.27. The highest BCUT2D eigenvalue weighted by atomic mass is 16.3. The zero-order valence-electron chi connectivity index (χ0n) is 10.1. The third-order valence-corrected chi connectivity index (χ3v) is 2.89. The average Bonchev–Trinajstić information content (AvgIpc) is 2.39. The predicted octanol–water partition coefficient (Wildman–Crippen LogP) is 1.95. The van der Waals surface area contributed by atoms with Gasteiger partial charge in [-0.1, -0.05) is 25.1 Å². The Morgan fingerprint density at radius 1 is 1.35 bits per heavy atom. The molecule has 2 N–H and O–H groups in total. The summed E-state index contributed by atoms with van der Waals surface area (Å²) in [6.07, 6.45) is 3.71. The molecule has 0 amide bonds. The summed E-state index contributed by atoms with van der Waals surface area (Å²) in [6, 6.07) is 8.29. The molecule has 3 heteroatoms. The van der Waals surface area contributed by atoms with E-state index in [-0.39, 0.29) is 6.61 Å². The number of fused-ring (bicyclic) bond motifs is 1. The first-order chi connectivity index (χ1) is 8.31. The molecule has 0 aliphatic heterocycles. The smallest absolute Gasteiger partial charge is 0.0468 e. The van der Waals surface area contributed by atoms with Gasteiger partial charge in [-0.25, -0.2) is 0 Å². The summed E-state index contributed by atoms with van der Waals surface area (Å²) in [5.74, 6) is 0.298. The van der Waals surface area contributed by atoms with E-state index in [0.717, 1.165) is 13.1 Å². The Bertz CT molecular complexity index is 479. The van der Waals surface area contributed by atoms with Crippen LogP contribution in [0.5, 0.6) is 0 Å². The van der Waals surface area contributed by atoms with Crippen molar-refractivity contribution in [2.75, 3.05) is 13.2 Å². The number of rotatable bonds is 5. The Morgan fingerprint density at radius 3 is 3.06 bits per heavy atom. The number of aliphatic hydroxyl groups excluding tert-OH is 1. The minimum absolute atomic E-state index is 0.229. The number of hydrogen-bond acceptors (Lipinski definition) is 3. The summed E-state index contributed by atoms with van der Waals surface area (Å²) in [6.45, 7) is 3.91. The highest BCUT2D eigenvalue weighted by molar-refractivity contribution is 5.84. The van der Waals surface area contributed by atoms with Crippen molar-refractivity contribution in [2.45, 2.75) is 13.5 Å². The standard InChI is InChI=1S/C14H18N2O/c1-11(10-17)7-16-9-13-4-2-3-12-8-15-6-5-14(12)13/h2-6,8,11,16-17H,7,9-10H2,1H3. The molecule has 1 aromatic carbocycles. The van der Waals surface area contributed by atoms with Gasteiger partial charge < -0.3 is 10.4 Å². The van der Waals surface area contributed by atoms with Gasteiger partial charge in [-0.2, -0.15) is 0 Å². The van der Waals surface area contributed by atoms with Gasteiger partial charge >= 0.3 is 0 Å². The van der Waals surface area contributed by atoms with Crippen molar-refractivity contribution in [1.29, 1.82) is 0 Å². The zero-order valence-corrected chi connectivity index (χ0v) is 10.1. The second kappa shape index (κ2) is 5.75. The van der Waals surface area contributed by atoms with Crippen LogP contribution in [0.2, 0.25) is 0 Å². The molecule has 1 atom stereocenters. The Labute approximate surface area is 102 Å². The molecule has 2 aromatic rings. The monoisotopic (exact) mass is 230 g/mol. The van der Waals surface area contributed by atoms with Gasteiger partial charge in [0.2, 0.25) is 0 Å². The maximum absolute atomic E-state index is 8.96. The van der Waals surface area contributed by atoms with E-state index in [1.54, 1.807) is 0 Å². The molecule has 17 heavy (non-hydrogen) atoms. The SMILES string of the molecule is CC(CO)CNCc1cccc2cnccc12. The van der Waals surface area contributed by atoms with E-state index in [1.807, 2.05) is 25.4 Å². The maximum atomic E-state index is 8.96. The summed E-state index contributed by atoms with van der Waals surface area (Å²) >= 11 is 0. The number of aliphatic hydroxyl groups is 1. The topological polar surface area (TPSA) is 45.1 Å². The van der Waals surface area contributed by atoms with Crippen LogP contribution in [0.4, 0.5) is 0 Å². The van der Waals surface area contributed by atoms with Crippen LogP contribution in [0.3, 0.4) is 0 Å². The van der Waals surface area contributed by atoms with E-state index < -0.39 is 0 Å². The van der Waals surface area contributed by atoms with Crippen LogP contribution in [0.1, 0.15) is 12.5 Å². The van der Waals surface area contributed by atoms with E-state index >= 15 is 0 Å². The Balaban J connectivity index is 2.08. The van der Waals surface area contributed by atoms with Crippen LogP contribution in [0.25, 0.3) is 10.8 Å². The fraction of sp³-hybridized carbons (Fsp3) is 0.357. The Morgan fingerprint density at radius 2 is 2.24 bits per heavy atom. The number of nitrogens with one attached hydrogen (secondary N) is 1. The summed E-state index contributed by atoms with van der Waals surface area (Å²) in [4.78, 5) is 4.12. The lowest BCUT2D eigenvalue weighted by Gasteiger charge is -2.11. The van der Waals surface area contributed by atoms with Crippen LogP contribution in [0, 0.1) is 5.92 Å². The van der Waals surface area contributed by atoms with Gasteiger partial charge in [0.25, 0.3) is 0 Å². The van der Waals surface area contributed by atoms with E-state index in [0.29, 0.717) is 5.92 Å². The average molecular weight is 230 g/mol. The lowest BCUT2D eigenvalue weighted by molar-refractivity contribution is 0.233. The van der Waals surface area contributed by atoms with E-state index in [1.165, 1.54) is 16.3 Å². The molecule has 2 rings (SSSR count). The van der Waals surface area contributed by atoms with Crippen LogP contribution < -0.4 is 5.32 Å². The molecular formula is C14H18N2O. The lowest BCUT2D eigenvalue weighted by atomic mass is 10.1. The van der Waals surface area contributed by atoms with Crippen molar-refractivity contribution in [3.05, 3.63) is 42.2 Å². The molecule has 0 saturated heterocycles. The number of nitrogens with zero attached hydrogens (tertiary/aromatic N) is 1. The first-order valence-corrected chi connectivity index (χ1v) is 5.94. The molecule has 1 heterocycles. The molecule has 0 saturated carbocycles. The molecule has 90 valence electrons. The van der Waals surface area contributed by atoms with Crippen molar-refractivity contribution in [1.82, 2.24) is 10.3 Å². The second-order valence-electron chi connectivity index (χ2n) is 4.43. The fourth-order valence-electron chi connectivity index (χ4n) is 1.86. The van der Waals surface area contributed by atoms with Crippen LogP contribution >= 0.6 is 0 Å². The number of hydrogen-bond donors (Lipinski definition) is 2. The van der Waals surface area contributed by atoms with E-state index in [2.05, 4.69) is 28.5 Å². The molecule has 3 nitrogen and oxygen atoms in total. The summed E-state index contributed by atoms with van der Waals surface area (Å²) < 4.78 is 0. The molecule has 1 unspecified atom stereocenters. The van der Waals surface area contributed by atoms with Gasteiger partial charge in [-0.15, -0.1) is 0 Å². The summed E-state index contributed by atoms with van der Waals surface area (Å²) in [5, 5.41) is 14.7.